The highest BCUT2D eigenvalue weighted by Gasteiger charge is 2.08. The van der Waals surface area contributed by atoms with Crippen molar-refractivity contribution in [2.75, 3.05) is 18.8 Å². The molecule has 0 aromatic carbocycles. The summed E-state index contributed by atoms with van der Waals surface area (Å²) in [5.74, 6) is 0.384. The first-order valence-corrected chi connectivity index (χ1v) is 4.34. The van der Waals surface area contributed by atoms with Gasteiger partial charge >= 0.3 is 0 Å². The first-order valence-electron chi connectivity index (χ1n) is 4.34. The molecule has 13 heavy (non-hydrogen) atoms. The highest BCUT2D eigenvalue weighted by Crippen LogP contribution is 2.22. The molecule has 0 saturated carbocycles. The van der Waals surface area contributed by atoms with Gasteiger partial charge in [0.25, 0.3) is 0 Å². The minimum Gasteiger partial charge on any atom is -0.427 e. The van der Waals surface area contributed by atoms with Crippen molar-refractivity contribution in [1.82, 2.24) is 10.0 Å². The Bertz CT molecular complexity index is 321. The molecular weight excluding hydrogens is 166 g/mol. The number of aromatic nitrogens is 1. The highest BCUT2D eigenvalue weighted by molar-refractivity contribution is 5.68. The Kier molecular flexibility index (Phi) is 1.98. The molecule has 4 heteroatoms. The molecule has 0 fully saturated rings. The van der Waals surface area contributed by atoms with Gasteiger partial charge in [0.15, 0.2) is 0 Å². The molecule has 0 amide bonds. The largest absolute Gasteiger partial charge is 0.427 e. The number of nitrogens with one attached hydrogen (secondary N) is 1. The molecule has 0 radical (unpaired) electrons. The molecule has 1 aliphatic rings. The van der Waals surface area contributed by atoms with E-state index >= 15 is 0 Å². The molecule has 70 valence electrons. The third kappa shape index (κ3) is 1.53. The predicted molar refractivity (Wildman–Crippen MR) is 51.5 cm³/mol. The van der Waals surface area contributed by atoms with E-state index in [-0.39, 0.29) is 0 Å². The molecule has 2 rings (SSSR count). The van der Waals surface area contributed by atoms with Gasteiger partial charge in [-0.15, -0.1) is 0 Å². The van der Waals surface area contributed by atoms with E-state index in [1.807, 2.05) is 0 Å². The van der Waals surface area contributed by atoms with Crippen LogP contribution in [0, 0.1) is 0 Å². The summed E-state index contributed by atoms with van der Waals surface area (Å²) >= 11 is 0. The standard InChI is InChI=1S/C9H13N3O/c10-9-5-8(6-12(9)13)7-1-3-11-4-2-7/h1,5-6,11,13H,2-4,10H2. The molecule has 0 atom stereocenters. The van der Waals surface area contributed by atoms with Crippen LogP contribution in [0.5, 0.6) is 0 Å². The van der Waals surface area contributed by atoms with E-state index in [0.717, 1.165) is 29.8 Å². The second kappa shape index (κ2) is 3.14. The van der Waals surface area contributed by atoms with Gasteiger partial charge in [-0.2, -0.15) is 4.73 Å². The zero-order valence-corrected chi connectivity index (χ0v) is 7.33. The van der Waals surface area contributed by atoms with Gasteiger partial charge in [0.1, 0.15) is 5.82 Å². The normalized spacial score (nSPS) is 17.1. The molecular formula is C9H13N3O. The Morgan fingerprint density at radius 2 is 2.38 bits per heavy atom. The summed E-state index contributed by atoms with van der Waals surface area (Å²) in [5.41, 5.74) is 7.78. The molecule has 4 nitrogen and oxygen atoms in total. The topological polar surface area (TPSA) is 63.2 Å². The van der Waals surface area contributed by atoms with Crippen LogP contribution in [0.2, 0.25) is 0 Å². The molecule has 0 bridgehead atoms. The van der Waals surface area contributed by atoms with Crippen LogP contribution >= 0.6 is 0 Å². The molecule has 0 saturated heterocycles. The average Bonchev–Trinajstić information content (AvgIpc) is 2.49. The summed E-state index contributed by atoms with van der Waals surface area (Å²) in [6.45, 7) is 1.88. The summed E-state index contributed by atoms with van der Waals surface area (Å²) < 4.78 is 0.957. The first kappa shape index (κ1) is 8.19. The molecule has 2 heterocycles. The number of rotatable bonds is 1. The predicted octanol–water partition coefficient (Wildman–Crippen LogP) is 0.684. The van der Waals surface area contributed by atoms with Crippen LogP contribution in [0.1, 0.15) is 12.0 Å². The molecule has 1 aromatic rings. The van der Waals surface area contributed by atoms with Crippen molar-refractivity contribution in [3.63, 3.8) is 0 Å². The van der Waals surface area contributed by atoms with Crippen molar-refractivity contribution in [2.24, 2.45) is 0 Å². The van der Waals surface area contributed by atoms with Gasteiger partial charge in [0.05, 0.1) is 6.20 Å². The number of hydrogen-bond acceptors (Lipinski definition) is 3. The Morgan fingerprint density at radius 1 is 1.54 bits per heavy atom. The van der Waals surface area contributed by atoms with Crippen LogP contribution in [0.3, 0.4) is 0 Å². The smallest absolute Gasteiger partial charge is 0.140 e. The lowest BCUT2D eigenvalue weighted by Crippen LogP contribution is -2.19. The second-order valence-electron chi connectivity index (χ2n) is 3.18. The van der Waals surface area contributed by atoms with E-state index < -0.39 is 0 Å². The van der Waals surface area contributed by atoms with Crippen molar-refractivity contribution >= 4 is 11.4 Å². The van der Waals surface area contributed by atoms with E-state index in [9.17, 15) is 5.21 Å². The molecule has 0 unspecified atom stereocenters. The maximum atomic E-state index is 9.22. The SMILES string of the molecule is Nc1cc(C2=CCNCC2)cn1O. The molecule has 1 aromatic heterocycles. The Hall–Kier alpha value is -1.42. The lowest BCUT2D eigenvalue weighted by Gasteiger charge is -2.12. The highest BCUT2D eigenvalue weighted by atomic mass is 16.5. The summed E-state index contributed by atoms with van der Waals surface area (Å²) in [6.07, 6.45) is 4.76. The second-order valence-corrected chi connectivity index (χ2v) is 3.18. The van der Waals surface area contributed by atoms with Crippen molar-refractivity contribution in [2.45, 2.75) is 6.42 Å². The summed E-state index contributed by atoms with van der Waals surface area (Å²) in [6, 6.07) is 1.79. The number of anilines is 1. The van der Waals surface area contributed by atoms with Gasteiger partial charge in [-0.3, -0.25) is 0 Å². The van der Waals surface area contributed by atoms with Crippen LogP contribution in [0.4, 0.5) is 5.82 Å². The Balaban J connectivity index is 2.29. The van der Waals surface area contributed by atoms with Gasteiger partial charge in [0.2, 0.25) is 0 Å². The van der Waals surface area contributed by atoms with Crippen LogP contribution in [0.25, 0.3) is 5.57 Å². The molecule has 0 spiro atoms. The van der Waals surface area contributed by atoms with Gasteiger partial charge in [-0.1, -0.05) is 6.08 Å². The van der Waals surface area contributed by atoms with Crippen molar-refractivity contribution in [3.05, 3.63) is 23.9 Å². The fraction of sp³-hybridized carbons (Fsp3) is 0.333. The van der Waals surface area contributed by atoms with Crippen LogP contribution in [0.15, 0.2) is 18.3 Å². The van der Waals surface area contributed by atoms with E-state index in [1.54, 1.807) is 12.3 Å². The van der Waals surface area contributed by atoms with Crippen LogP contribution < -0.4 is 11.1 Å². The van der Waals surface area contributed by atoms with E-state index in [0.29, 0.717) is 5.82 Å². The molecule has 4 N–H and O–H groups in total. The minimum absolute atomic E-state index is 0.384. The third-order valence-electron chi connectivity index (χ3n) is 2.26. The summed E-state index contributed by atoms with van der Waals surface area (Å²) in [5, 5.41) is 12.4. The monoisotopic (exact) mass is 179 g/mol. The van der Waals surface area contributed by atoms with Crippen molar-refractivity contribution in [3.8, 4) is 0 Å². The summed E-state index contributed by atoms with van der Waals surface area (Å²) in [4.78, 5) is 0. The maximum absolute atomic E-state index is 9.22. The number of nitrogens with zero attached hydrogens (tertiary/aromatic N) is 1. The minimum atomic E-state index is 0.384. The summed E-state index contributed by atoms with van der Waals surface area (Å²) in [7, 11) is 0. The number of hydrogen-bond donors (Lipinski definition) is 3. The lowest BCUT2D eigenvalue weighted by atomic mass is 10.0. The Morgan fingerprint density at radius 3 is 2.92 bits per heavy atom. The zero-order chi connectivity index (χ0) is 9.26. The van der Waals surface area contributed by atoms with Gasteiger partial charge < -0.3 is 16.3 Å². The maximum Gasteiger partial charge on any atom is 0.140 e. The average molecular weight is 179 g/mol. The van der Waals surface area contributed by atoms with Gasteiger partial charge in [0, 0.05) is 12.1 Å². The van der Waals surface area contributed by atoms with Crippen molar-refractivity contribution < 1.29 is 5.21 Å². The first-order chi connectivity index (χ1) is 6.27. The Labute approximate surface area is 76.6 Å². The molecule has 0 aliphatic carbocycles. The van der Waals surface area contributed by atoms with E-state index in [1.165, 1.54) is 5.57 Å². The fourth-order valence-electron chi connectivity index (χ4n) is 1.53. The zero-order valence-electron chi connectivity index (χ0n) is 7.33. The lowest BCUT2D eigenvalue weighted by molar-refractivity contribution is 0.193. The van der Waals surface area contributed by atoms with Gasteiger partial charge in [-0.25, -0.2) is 0 Å². The third-order valence-corrected chi connectivity index (χ3v) is 2.26. The van der Waals surface area contributed by atoms with Crippen molar-refractivity contribution in [1.29, 1.82) is 0 Å². The van der Waals surface area contributed by atoms with Gasteiger partial charge in [-0.05, 0) is 24.6 Å². The van der Waals surface area contributed by atoms with E-state index in [2.05, 4.69) is 11.4 Å². The molecule has 1 aliphatic heterocycles. The van der Waals surface area contributed by atoms with Crippen LogP contribution in [-0.2, 0) is 0 Å². The number of nitrogen functional groups attached to an aromatic ring is 1. The van der Waals surface area contributed by atoms with Crippen LogP contribution in [-0.4, -0.2) is 23.0 Å². The number of nitrogens with two attached hydrogens (primary N) is 1. The fourth-order valence-corrected chi connectivity index (χ4v) is 1.53. The van der Waals surface area contributed by atoms with E-state index in [4.69, 9.17) is 5.73 Å². The quantitative estimate of drug-likeness (QED) is 0.556.